The smallest absolute Gasteiger partial charge is 0.0558 e. The van der Waals surface area contributed by atoms with Crippen molar-refractivity contribution < 1.29 is 5.11 Å². The quantitative estimate of drug-likeness (QED) is 0.815. The molecule has 0 bridgehead atoms. The van der Waals surface area contributed by atoms with E-state index in [-0.39, 0.29) is 11.5 Å². The maximum absolute atomic E-state index is 9.45. The molecule has 1 aliphatic carbocycles. The molecule has 2 heteroatoms. The van der Waals surface area contributed by atoms with Crippen LogP contribution in [0.3, 0.4) is 0 Å². The highest BCUT2D eigenvalue weighted by molar-refractivity contribution is 5.54. The molecule has 86 valence electrons. The van der Waals surface area contributed by atoms with Crippen LogP contribution >= 0.6 is 0 Å². The van der Waals surface area contributed by atoms with Gasteiger partial charge in [-0.3, -0.25) is 0 Å². The summed E-state index contributed by atoms with van der Waals surface area (Å²) < 4.78 is 0. The van der Waals surface area contributed by atoms with Crippen molar-refractivity contribution in [1.29, 1.82) is 0 Å². The van der Waals surface area contributed by atoms with Crippen molar-refractivity contribution in [3.63, 3.8) is 0 Å². The van der Waals surface area contributed by atoms with Gasteiger partial charge < -0.3 is 10.8 Å². The van der Waals surface area contributed by atoms with E-state index < -0.39 is 0 Å². The second-order valence-corrected chi connectivity index (χ2v) is 4.78. The molecule has 0 atom stereocenters. The molecule has 0 radical (unpaired) electrons. The summed E-state index contributed by atoms with van der Waals surface area (Å²) in [6.45, 7) is 2.74. The monoisotopic (exact) mass is 217 g/mol. The van der Waals surface area contributed by atoms with Gasteiger partial charge in [0.1, 0.15) is 0 Å². The van der Waals surface area contributed by atoms with Gasteiger partial charge in [0.15, 0.2) is 0 Å². The first-order valence-electron chi connectivity index (χ1n) is 5.78. The normalized spacial score (nSPS) is 29.9. The zero-order chi connectivity index (χ0) is 11.6. The van der Waals surface area contributed by atoms with E-state index >= 15 is 0 Å². The maximum atomic E-state index is 9.45. The molecule has 0 heterocycles. The molecule has 1 aromatic carbocycles. The van der Waals surface area contributed by atoms with Crippen molar-refractivity contribution in [3.05, 3.63) is 41.5 Å². The average molecular weight is 217 g/mol. The van der Waals surface area contributed by atoms with E-state index in [1.54, 1.807) is 0 Å². The largest absolute Gasteiger partial charge is 0.393 e. The third-order valence-corrected chi connectivity index (χ3v) is 3.66. The second kappa shape index (κ2) is 4.40. The van der Waals surface area contributed by atoms with E-state index in [2.05, 4.69) is 25.1 Å². The zero-order valence-electron chi connectivity index (χ0n) is 9.69. The van der Waals surface area contributed by atoms with Crippen molar-refractivity contribution in [2.45, 2.75) is 25.9 Å². The van der Waals surface area contributed by atoms with Crippen LogP contribution in [0.4, 0.5) is 0 Å². The number of aliphatic hydroxyl groups excluding tert-OH is 1. The second-order valence-electron chi connectivity index (χ2n) is 4.78. The van der Waals surface area contributed by atoms with Crippen LogP contribution < -0.4 is 5.73 Å². The van der Waals surface area contributed by atoms with Gasteiger partial charge in [0.05, 0.1) is 6.10 Å². The lowest BCUT2D eigenvalue weighted by molar-refractivity contribution is -0.00257. The summed E-state index contributed by atoms with van der Waals surface area (Å²) in [6.07, 6.45) is 3.62. The van der Waals surface area contributed by atoms with E-state index in [0.29, 0.717) is 6.54 Å². The molecular weight excluding hydrogens is 198 g/mol. The molecule has 1 aromatic rings. The van der Waals surface area contributed by atoms with E-state index in [0.717, 1.165) is 12.8 Å². The lowest BCUT2D eigenvalue weighted by atomic mass is 9.62. The van der Waals surface area contributed by atoms with Crippen LogP contribution in [0.25, 0.3) is 6.08 Å². The molecular formula is C14H19NO. The molecule has 2 nitrogen and oxygen atoms in total. The molecule has 0 aliphatic heterocycles. The van der Waals surface area contributed by atoms with E-state index in [4.69, 9.17) is 5.73 Å². The molecule has 16 heavy (non-hydrogen) atoms. The molecule has 0 aromatic heterocycles. The molecule has 1 saturated carbocycles. The van der Waals surface area contributed by atoms with Gasteiger partial charge in [-0.1, -0.05) is 42.0 Å². The van der Waals surface area contributed by atoms with Gasteiger partial charge >= 0.3 is 0 Å². The third kappa shape index (κ3) is 2.04. The maximum Gasteiger partial charge on any atom is 0.0558 e. The van der Waals surface area contributed by atoms with Crippen molar-refractivity contribution in [3.8, 4) is 0 Å². The molecule has 1 aliphatic rings. The fraction of sp³-hybridized carbons (Fsp3) is 0.429. The van der Waals surface area contributed by atoms with Crippen LogP contribution in [0.5, 0.6) is 0 Å². The topological polar surface area (TPSA) is 46.2 Å². The predicted octanol–water partition coefficient (Wildman–Crippen LogP) is 2.19. The van der Waals surface area contributed by atoms with Crippen LogP contribution in [0.1, 0.15) is 25.3 Å². The molecule has 0 saturated heterocycles. The summed E-state index contributed by atoms with van der Waals surface area (Å²) in [4.78, 5) is 0. The number of rotatable bonds is 3. The van der Waals surface area contributed by atoms with Crippen molar-refractivity contribution in [2.75, 3.05) is 6.54 Å². The Morgan fingerprint density at radius 3 is 2.56 bits per heavy atom. The fourth-order valence-corrected chi connectivity index (χ4v) is 2.44. The lowest BCUT2D eigenvalue weighted by Gasteiger charge is -2.46. The highest BCUT2D eigenvalue weighted by Gasteiger charge is 2.43. The average Bonchev–Trinajstić information content (AvgIpc) is 2.25. The molecule has 0 amide bonds. The summed E-state index contributed by atoms with van der Waals surface area (Å²) >= 11 is 0. The third-order valence-electron chi connectivity index (χ3n) is 3.66. The Kier molecular flexibility index (Phi) is 3.13. The van der Waals surface area contributed by atoms with E-state index in [1.165, 1.54) is 11.1 Å². The van der Waals surface area contributed by atoms with Crippen LogP contribution in [-0.2, 0) is 0 Å². The number of nitrogens with two attached hydrogens (primary N) is 1. The van der Waals surface area contributed by atoms with Gasteiger partial charge in [0.25, 0.3) is 0 Å². The molecule has 3 N–H and O–H groups in total. The first-order chi connectivity index (χ1) is 7.66. The van der Waals surface area contributed by atoms with Gasteiger partial charge in [0, 0.05) is 12.0 Å². The Bertz CT molecular complexity index is 377. The Morgan fingerprint density at radius 1 is 1.44 bits per heavy atom. The van der Waals surface area contributed by atoms with Crippen LogP contribution in [0.15, 0.2) is 35.9 Å². The van der Waals surface area contributed by atoms with E-state index in [1.807, 2.05) is 18.2 Å². The first kappa shape index (κ1) is 11.4. The summed E-state index contributed by atoms with van der Waals surface area (Å²) in [7, 11) is 0. The number of aliphatic hydroxyl groups is 1. The van der Waals surface area contributed by atoms with Crippen molar-refractivity contribution in [1.82, 2.24) is 0 Å². The van der Waals surface area contributed by atoms with Gasteiger partial charge in [-0.25, -0.2) is 0 Å². The predicted molar refractivity (Wildman–Crippen MR) is 66.8 cm³/mol. The van der Waals surface area contributed by atoms with Crippen LogP contribution in [-0.4, -0.2) is 17.8 Å². The van der Waals surface area contributed by atoms with Gasteiger partial charge in [0.2, 0.25) is 0 Å². The molecule has 1 fully saturated rings. The van der Waals surface area contributed by atoms with E-state index in [9.17, 15) is 5.11 Å². The van der Waals surface area contributed by atoms with Gasteiger partial charge in [-0.05, 0) is 25.3 Å². The highest BCUT2D eigenvalue weighted by atomic mass is 16.3. The van der Waals surface area contributed by atoms with Crippen molar-refractivity contribution in [2.24, 2.45) is 11.1 Å². The summed E-state index contributed by atoms with van der Waals surface area (Å²) in [5.41, 5.74) is 8.36. The first-order valence-corrected chi connectivity index (χ1v) is 5.78. The van der Waals surface area contributed by atoms with Crippen molar-refractivity contribution >= 4 is 6.08 Å². The van der Waals surface area contributed by atoms with Gasteiger partial charge in [-0.2, -0.15) is 0 Å². The summed E-state index contributed by atoms with van der Waals surface area (Å²) in [6, 6.07) is 10.2. The summed E-state index contributed by atoms with van der Waals surface area (Å²) in [5.74, 6) is 0. The minimum Gasteiger partial charge on any atom is -0.393 e. The standard InChI is InChI=1S/C14H19NO/c1-11(7-12-5-3-2-4-6-12)14(10-15)8-13(16)9-14/h2-7,13,16H,8-10,15H2,1H3/b11-7+. The number of hydrogen-bond donors (Lipinski definition) is 2. The fourth-order valence-electron chi connectivity index (χ4n) is 2.44. The Labute approximate surface area is 96.8 Å². The Morgan fingerprint density at radius 2 is 2.06 bits per heavy atom. The molecule has 0 unspecified atom stereocenters. The van der Waals surface area contributed by atoms with Crippen LogP contribution in [0, 0.1) is 5.41 Å². The zero-order valence-corrected chi connectivity index (χ0v) is 9.69. The van der Waals surface area contributed by atoms with Gasteiger partial charge in [-0.15, -0.1) is 0 Å². The minimum absolute atomic E-state index is 0.0370. The molecule has 2 rings (SSSR count). The molecule has 0 spiro atoms. The highest BCUT2D eigenvalue weighted by Crippen LogP contribution is 2.46. The Hall–Kier alpha value is -1.12. The van der Waals surface area contributed by atoms with Crippen LogP contribution in [0.2, 0.25) is 0 Å². The minimum atomic E-state index is -0.164. The lowest BCUT2D eigenvalue weighted by Crippen LogP contribution is -2.46. The Balaban J connectivity index is 2.18. The summed E-state index contributed by atoms with van der Waals surface area (Å²) in [5, 5.41) is 9.45. The number of hydrogen-bond acceptors (Lipinski definition) is 2. The number of benzene rings is 1. The SMILES string of the molecule is C/C(=C\c1ccccc1)C1(CN)CC(O)C1.